The van der Waals surface area contributed by atoms with Gasteiger partial charge >= 0.3 is 17.1 Å². The fraction of sp³-hybridized carbons (Fsp3) is 0. The zero-order valence-corrected chi connectivity index (χ0v) is 8.40. The Morgan fingerprint density at radius 1 is 0.625 bits per heavy atom. The Kier molecular flexibility index (Phi) is 1460. The van der Waals surface area contributed by atoms with Gasteiger partial charge < -0.3 is 81.1 Å². The van der Waals surface area contributed by atoms with Crippen LogP contribution in [0.5, 0.6) is 0 Å². The minimum absolute atomic E-state index is 0. The van der Waals surface area contributed by atoms with E-state index in [4.69, 9.17) is 81.1 Å². The zero-order chi connectivity index (χ0) is 14.7. The summed E-state index contributed by atoms with van der Waals surface area (Å²) in [6.07, 6.45) is 0. The molecule has 0 aliphatic rings. The van der Waals surface area contributed by atoms with E-state index in [2.05, 4.69) is 0 Å². The van der Waals surface area contributed by atoms with E-state index in [-0.39, 0.29) is 17.1 Å². The van der Waals surface area contributed by atoms with Crippen LogP contribution in [0.15, 0.2) is 5.34 Å². The number of nitrogens with zero attached hydrogens (tertiary/aromatic N) is 7. The summed E-state index contributed by atoms with van der Waals surface area (Å²) in [7, 11) is 0. The average Bonchev–Trinajstić information content (AvgIpc) is 2.44. The van der Waals surface area contributed by atoms with E-state index in [9.17, 15) is 0 Å². The largest absolute Gasteiger partial charge is 6.00 e. The van der Waals surface area contributed by atoms with Crippen LogP contribution in [0, 0.1) is 81.1 Å². The van der Waals surface area contributed by atoms with Crippen molar-refractivity contribution >= 4 is 0 Å². The number of hydrogen-bond donors (Lipinski definition) is 0. The van der Waals surface area contributed by atoms with E-state index in [1.165, 1.54) is 0 Å². The van der Waals surface area contributed by atoms with Crippen molar-refractivity contribution in [2.45, 2.75) is 0 Å². The van der Waals surface area contributed by atoms with Crippen LogP contribution in [0.4, 0.5) is 0 Å². The molecule has 0 aliphatic heterocycles. The van der Waals surface area contributed by atoms with Gasteiger partial charge in [0.1, 0.15) is 0 Å². The molecule has 0 amide bonds. The fourth-order valence-corrected chi connectivity index (χ4v) is 0. The van der Waals surface area contributed by atoms with Gasteiger partial charge in [-0.2, -0.15) is 0 Å². The molecular weight excluding hydrogens is 258 g/mol. The Bertz CT molecular complexity index is 134. The molecule has 0 aliphatic carbocycles. The second-order valence-corrected chi connectivity index (χ2v) is 0.0745. The van der Waals surface area contributed by atoms with E-state index < -0.39 is 0 Å². The average molecular weight is 258 g/mol. The molecule has 16 heavy (non-hydrogen) atoms. The van der Waals surface area contributed by atoms with Gasteiger partial charge in [0.05, 0.1) is 0 Å². The Morgan fingerprint density at radius 3 is 0.625 bits per heavy atom. The number of hydrogen-bond acceptors (Lipinski definition) is 9. The van der Waals surface area contributed by atoms with Gasteiger partial charge in [-0.25, -0.2) is 0 Å². The van der Waals surface area contributed by atoms with Gasteiger partial charge in [-0.05, 0) is 0 Å². The molecule has 0 bridgehead atoms. The summed E-state index contributed by atoms with van der Waals surface area (Å²) in [4.78, 5) is 8.00. The molecule has 0 N–H and O–H groups in total. The van der Waals surface area contributed by atoms with Gasteiger partial charge in [0.15, 0.2) is 0 Å². The van der Waals surface area contributed by atoms with Crippen molar-refractivity contribution in [1.82, 2.24) is 0 Å². The predicted molar refractivity (Wildman–Crippen MR) is 39.0 cm³/mol. The molecule has 10 heteroatoms. The van der Waals surface area contributed by atoms with E-state index in [1.54, 1.807) is 0 Å². The van der Waals surface area contributed by atoms with E-state index in [0.717, 1.165) is 5.34 Å². The quantitative estimate of drug-likeness (QED) is 0.263. The van der Waals surface area contributed by atoms with Gasteiger partial charge in [-0.1, -0.05) is 0 Å². The maximum Gasteiger partial charge on any atom is 6.00 e. The van der Waals surface area contributed by atoms with E-state index in [1.807, 2.05) is 0 Å². The van der Waals surface area contributed by atoms with Crippen molar-refractivity contribution in [3.63, 3.8) is 0 Å². The first-order valence-electron chi connectivity index (χ1n) is 1.71. The Morgan fingerprint density at radius 2 is 0.625 bits per heavy atom. The standard InChI is InChI=1S/6CN.Fe.HNO2/c6*1-2;;2-1-3/h;;;;;;;(H,2,3)/q6*-1;+6;/p-1. The summed E-state index contributed by atoms with van der Waals surface area (Å²) < 4.78 is 0. The second kappa shape index (κ2) is 305. The molecule has 0 radical (unpaired) electrons. The van der Waals surface area contributed by atoms with Gasteiger partial charge in [0.2, 0.25) is 0 Å². The maximum absolute atomic E-state index is 8.00. The molecule has 0 atom stereocenters. The van der Waals surface area contributed by atoms with Crippen LogP contribution in [0.2, 0.25) is 0 Å². The van der Waals surface area contributed by atoms with Crippen molar-refractivity contribution in [3.8, 4) is 0 Å². The number of rotatable bonds is 0. The Balaban J connectivity index is -0.00000000777. The summed E-state index contributed by atoms with van der Waals surface area (Å²) >= 11 is 0. The molecule has 0 fully saturated rings. The van der Waals surface area contributed by atoms with Crippen molar-refractivity contribution in [2.75, 3.05) is 0 Å². The Labute approximate surface area is 104 Å². The van der Waals surface area contributed by atoms with Crippen LogP contribution < -0.4 is 0 Å². The Hall–Kier alpha value is -3.14. The summed E-state index contributed by atoms with van der Waals surface area (Å²) in [5.41, 5.74) is 0. The van der Waals surface area contributed by atoms with Crippen LogP contribution in [0.3, 0.4) is 0 Å². The predicted octanol–water partition coefficient (Wildman–Crippen LogP) is 0.826. The normalized spacial score (nSPS) is 1.50. The third-order valence-corrected chi connectivity index (χ3v) is 0. The first-order valence-corrected chi connectivity index (χ1v) is 1.71. The molecule has 0 rings (SSSR count). The van der Waals surface area contributed by atoms with Gasteiger partial charge in [0.25, 0.3) is 0 Å². The third-order valence-electron chi connectivity index (χ3n) is 0. The van der Waals surface area contributed by atoms with Crippen LogP contribution >= 0.6 is 0 Å². The monoisotopic (exact) mass is 258 g/mol. The van der Waals surface area contributed by atoms with Crippen LogP contribution in [0.1, 0.15) is 0 Å². The van der Waals surface area contributed by atoms with E-state index in [0.29, 0.717) is 0 Å². The van der Waals surface area contributed by atoms with Crippen molar-refractivity contribution < 1.29 is 17.1 Å². The van der Waals surface area contributed by atoms with Gasteiger partial charge in [0, 0.05) is 0 Å². The van der Waals surface area contributed by atoms with Crippen molar-refractivity contribution in [2.24, 2.45) is 5.34 Å². The molecule has 0 aromatic carbocycles. The molecule has 80 valence electrons. The minimum atomic E-state index is 0. The summed E-state index contributed by atoms with van der Waals surface area (Å²) in [6, 6.07) is 0. The van der Waals surface area contributed by atoms with Crippen molar-refractivity contribution in [3.05, 3.63) is 49.5 Å². The second-order valence-electron chi connectivity index (χ2n) is 0.0745. The van der Waals surface area contributed by atoms with Crippen LogP contribution in [-0.4, -0.2) is 0 Å². The topological polar surface area (TPSA) is 195 Å². The molecule has 0 aromatic rings. The molecule has 0 spiro atoms. The first kappa shape index (κ1) is 76.6. The molecular formula is C6FeN7O2-. The summed E-state index contributed by atoms with van der Waals surface area (Å²) in [5.74, 6) is 0. The molecule has 0 heterocycles. The van der Waals surface area contributed by atoms with Crippen LogP contribution in [-0.2, 0) is 17.1 Å². The van der Waals surface area contributed by atoms with Gasteiger partial charge in [-0.15, -0.1) is 5.34 Å². The molecule has 0 unspecified atom stereocenters. The third kappa shape index (κ3) is 107. The maximum atomic E-state index is 8.00. The molecule has 9 nitrogen and oxygen atoms in total. The zero-order valence-electron chi connectivity index (χ0n) is 7.30. The smallest absolute Gasteiger partial charge is 0.512 e. The fourth-order valence-electron chi connectivity index (χ4n) is 0. The SMILES string of the molecule is O=N[O-].[C-]#N.[C-]#N.[C-]#N.[C-]#N.[C-]#N.[C-]#N.[Fe+6]. The molecule has 0 saturated heterocycles. The summed E-state index contributed by atoms with van der Waals surface area (Å²) in [5, 5.41) is 46.5. The van der Waals surface area contributed by atoms with Gasteiger partial charge in [-0.3, -0.25) is 0 Å². The summed E-state index contributed by atoms with van der Waals surface area (Å²) in [6.45, 7) is 28.5. The minimum Gasteiger partial charge on any atom is -0.512 e. The first-order chi connectivity index (χ1) is 7.41. The van der Waals surface area contributed by atoms with E-state index >= 15 is 0 Å². The van der Waals surface area contributed by atoms with Crippen molar-refractivity contribution in [1.29, 1.82) is 31.6 Å². The molecule has 0 aromatic heterocycles. The molecule has 0 saturated carbocycles. The van der Waals surface area contributed by atoms with Crippen LogP contribution in [0.25, 0.3) is 0 Å².